The van der Waals surface area contributed by atoms with Crippen molar-refractivity contribution in [3.05, 3.63) is 5.51 Å². The predicted octanol–water partition coefficient (Wildman–Crippen LogP) is -0.304. The van der Waals surface area contributed by atoms with E-state index < -0.39 is 0 Å². The topological polar surface area (TPSA) is 66.9 Å². The number of nitrogens with zero attached hydrogens (tertiary/aromatic N) is 2. The van der Waals surface area contributed by atoms with Gasteiger partial charge in [0.2, 0.25) is 11.0 Å². The number of anilines is 1. The smallest absolute Gasteiger partial charge is 0.231 e. The molecule has 1 aliphatic rings. The van der Waals surface area contributed by atoms with E-state index in [1.165, 1.54) is 11.3 Å². The van der Waals surface area contributed by atoms with E-state index in [-0.39, 0.29) is 11.8 Å². The lowest BCUT2D eigenvalue weighted by atomic mass is 10.0. The highest BCUT2D eigenvalue weighted by Gasteiger charge is 2.25. The first-order valence-electron chi connectivity index (χ1n) is 3.64. The molecule has 1 saturated heterocycles. The van der Waals surface area contributed by atoms with Gasteiger partial charge in [-0.15, -0.1) is 10.2 Å². The van der Waals surface area contributed by atoms with Gasteiger partial charge in [0.25, 0.3) is 0 Å². The molecule has 1 aromatic rings. The first kappa shape index (κ1) is 7.63. The highest BCUT2D eigenvalue weighted by Crippen LogP contribution is 2.11. The van der Waals surface area contributed by atoms with Crippen LogP contribution in [-0.2, 0) is 4.79 Å². The fourth-order valence-corrected chi connectivity index (χ4v) is 1.36. The van der Waals surface area contributed by atoms with Crippen molar-refractivity contribution in [2.24, 2.45) is 5.92 Å². The van der Waals surface area contributed by atoms with Crippen LogP contribution >= 0.6 is 11.3 Å². The molecule has 0 bridgehead atoms. The van der Waals surface area contributed by atoms with Crippen LogP contribution in [0.5, 0.6) is 0 Å². The summed E-state index contributed by atoms with van der Waals surface area (Å²) in [6.07, 6.45) is 0. The molecule has 5 nitrogen and oxygen atoms in total. The molecule has 0 unspecified atom stereocenters. The molecule has 2 rings (SSSR count). The van der Waals surface area contributed by atoms with Crippen molar-refractivity contribution in [2.75, 3.05) is 18.4 Å². The third kappa shape index (κ3) is 1.44. The quantitative estimate of drug-likeness (QED) is 0.662. The molecule has 0 atom stereocenters. The highest BCUT2D eigenvalue weighted by molar-refractivity contribution is 7.13. The number of carbonyl (C=O) groups is 1. The summed E-state index contributed by atoms with van der Waals surface area (Å²) >= 11 is 1.33. The second-order valence-electron chi connectivity index (χ2n) is 2.59. The Hall–Kier alpha value is -1.01. The van der Waals surface area contributed by atoms with Gasteiger partial charge >= 0.3 is 0 Å². The van der Waals surface area contributed by atoms with E-state index in [1.54, 1.807) is 5.51 Å². The Balaban J connectivity index is 1.90. The maximum Gasteiger partial charge on any atom is 0.231 e. The Morgan fingerprint density at radius 3 is 3.08 bits per heavy atom. The average molecular weight is 184 g/mol. The van der Waals surface area contributed by atoms with Gasteiger partial charge in [-0.3, -0.25) is 4.79 Å². The Labute approximate surface area is 73.2 Å². The molecule has 2 heterocycles. The molecule has 1 aromatic heterocycles. The van der Waals surface area contributed by atoms with Gasteiger partial charge in [0.15, 0.2) is 0 Å². The Morgan fingerprint density at radius 1 is 1.75 bits per heavy atom. The van der Waals surface area contributed by atoms with E-state index in [1.807, 2.05) is 0 Å². The molecule has 1 fully saturated rings. The van der Waals surface area contributed by atoms with Crippen molar-refractivity contribution in [2.45, 2.75) is 0 Å². The molecule has 1 amide bonds. The van der Waals surface area contributed by atoms with Crippen molar-refractivity contribution in [1.29, 1.82) is 0 Å². The third-order valence-electron chi connectivity index (χ3n) is 1.74. The van der Waals surface area contributed by atoms with E-state index >= 15 is 0 Å². The van der Waals surface area contributed by atoms with Crippen LogP contribution in [0.2, 0.25) is 0 Å². The van der Waals surface area contributed by atoms with Crippen molar-refractivity contribution < 1.29 is 4.79 Å². The minimum atomic E-state index is 0.0329. The number of nitrogens with one attached hydrogen (secondary N) is 2. The van der Waals surface area contributed by atoms with Crippen molar-refractivity contribution in [3.63, 3.8) is 0 Å². The highest BCUT2D eigenvalue weighted by atomic mass is 32.1. The number of aromatic nitrogens is 2. The van der Waals surface area contributed by atoms with Gasteiger partial charge in [-0.25, -0.2) is 0 Å². The summed E-state index contributed by atoms with van der Waals surface area (Å²) in [7, 11) is 0. The fraction of sp³-hybridized carbons (Fsp3) is 0.500. The van der Waals surface area contributed by atoms with Crippen LogP contribution in [0.3, 0.4) is 0 Å². The summed E-state index contributed by atoms with van der Waals surface area (Å²) < 4.78 is 0. The zero-order valence-corrected chi connectivity index (χ0v) is 7.10. The van der Waals surface area contributed by atoms with Gasteiger partial charge in [0.1, 0.15) is 5.51 Å². The molecule has 64 valence electrons. The molecule has 2 N–H and O–H groups in total. The Morgan fingerprint density at radius 2 is 2.58 bits per heavy atom. The summed E-state index contributed by atoms with van der Waals surface area (Å²) in [5.41, 5.74) is 1.59. The fourth-order valence-electron chi connectivity index (χ4n) is 0.909. The molecule has 1 aliphatic heterocycles. The van der Waals surface area contributed by atoms with Crippen LogP contribution < -0.4 is 10.6 Å². The summed E-state index contributed by atoms with van der Waals surface area (Å²) in [5.74, 6) is 0.138. The Kier molecular flexibility index (Phi) is 2.01. The number of rotatable bonds is 2. The van der Waals surface area contributed by atoms with Crippen LogP contribution in [0.25, 0.3) is 0 Å². The SMILES string of the molecule is O=C(Nc1nncs1)C1CNC1. The van der Waals surface area contributed by atoms with Gasteiger partial charge in [-0.05, 0) is 0 Å². The second kappa shape index (κ2) is 3.16. The lowest BCUT2D eigenvalue weighted by Gasteiger charge is -2.24. The summed E-state index contributed by atoms with van der Waals surface area (Å²) in [6.45, 7) is 1.54. The van der Waals surface area contributed by atoms with Gasteiger partial charge in [0, 0.05) is 13.1 Å². The monoisotopic (exact) mass is 184 g/mol. The van der Waals surface area contributed by atoms with Gasteiger partial charge in [0.05, 0.1) is 5.92 Å². The van der Waals surface area contributed by atoms with Crippen LogP contribution in [0, 0.1) is 5.92 Å². The molecule has 0 aromatic carbocycles. The first-order chi connectivity index (χ1) is 5.86. The molecule has 6 heteroatoms. The molecule has 0 radical (unpaired) electrons. The lowest BCUT2D eigenvalue weighted by molar-refractivity contribution is -0.121. The van der Waals surface area contributed by atoms with E-state index in [0.29, 0.717) is 5.13 Å². The van der Waals surface area contributed by atoms with Crippen molar-refractivity contribution in [3.8, 4) is 0 Å². The minimum absolute atomic E-state index is 0.0329. The zero-order valence-electron chi connectivity index (χ0n) is 6.28. The van der Waals surface area contributed by atoms with Gasteiger partial charge in [-0.1, -0.05) is 11.3 Å². The first-order valence-corrected chi connectivity index (χ1v) is 4.52. The summed E-state index contributed by atoms with van der Waals surface area (Å²) in [5, 5.41) is 13.6. The number of amides is 1. The van der Waals surface area contributed by atoms with Crippen molar-refractivity contribution >= 4 is 22.4 Å². The van der Waals surface area contributed by atoms with Crippen LogP contribution in [0.1, 0.15) is 0 Å². The minimum Gasteiger partial charge on any atom is -0.315 e. The largest absolute Gasteiger partial charge is 0.315 e. The molecule has 0 saturated carbocycles. The molecule has 12 heavy (non-hydrogen) atoms. The van der Waals surface area contributed by atoms with E-state index in [4.69, 9.17) is 0 Å². The second-order valence-corrected chi connectivity index (χ2v) is 3.42. The lowest BCUT2D eigenvalue weighted by Crippen LogP contribution is -2.48. The van der Waals surface area contributed by atoms with E-state index in [0.717, 1.165) is 13.1 Å². The maximum absolute atomic E-state index is 11.3. The molecular weight excluding hydrogens is 176 g/mol. The summed E-state index contributed by atoms with van der Waals surface area (Å²) in [6, 6.07) is 0. The standard InChI is InChI=1S/C6H8N4OS/c11-5(4-1-7-2-4)9-6-10-8-3-12-6/h3-4,7H,1-2H2,(H,9,10,11). The van der Waals surface area contributed by atoms with Gasteiger partial charge < -0.3 is 10.6 Å². The number of hydrogen-bond donors (Lipinski definition) is 2. The summed E-state index contributed by atoms with van der Waals surface area (Å²) in [4.78, 5) is 11.3. The molecule has 0 spiro atoms. The van der Waals surface area contributed by atoms with E-state index in [9.17, 15) is 4.79 Å². The van der Waals surface area contributed by atoms with Crippen LogP contribution in [0.15, 0.2) is 5.51 Å². The normalized spacial score (nSPS) is 17.0. The maximum atomic E-state index is 11.3. The van der Waals surface area contributed by atoms with E-state index in [2.05, 4.69) is 20.8 Å². The Bertz CT molecular complexity index is 269. The van der Waals surface area contributed by atoms with Gasteiger partial charge in [-0.2, -0.15) is 0 Å². The average Bonchev–Trinajstić information content (AvgIpc) is 2.34. The van der Waals surface area contributed by atoms with Crippen LogP contribution in [0.4, 0.5) is 5.13 Å². The molecule has 0 aliphatic carbocycles. The number of hydrogen-bond acceptors (Lipinski definition) is 5. The third-order valence-corrected chi connectivity index (χ3v) is 2.35. The van der Waals surface area contributed by atoms with Crippen molar-refractivity contribution in [1.82, 2.24) is 15.5 Å². The predicted molar refractivity (Wildman–Crippen MR) is 44.9 cm³/mol. The van der Waals surface area contributed by atoms with Crippen LogP contribution in [-0.4, -0.2) is 29.2 Å². The molecular formula is C6H8N4OS. The number of carbonyl (C=O) groups excluding carboxylic acids is 1. The zero-order chi connectivity index (χ0) is 8.39.